The van der Waals surface area contributed by atoms with Crippen molar-refractivity contribution in [3.8, 4) is 5.75 Å². The summed E-state index contributed by atoms with van der Waals surface area (Å²) in [6, 6.07) is 21.6. The van der Waals surface area contributed by atoms with Crippen molar-refractivity contribution in [1.82, 2.24) is 5.32 Å². The van der Waals surface area contributed by atoms with E-state index in [1.54, 1.807) is 48.5 Å². The standard InChI is InChI=1S/C24H19ClN2O3/c1-15(17-5-3-2-4-6-17)26-23(28)18-9-12-21-20(14-18)27-24(29)22(30-21)13-16-7-10-19(25)11-8-16/h2-15H,1H3,(H,26,28)(H,27,29). The molecular formula is C24H19ClN2O3. The maximum Gasteiger partial charge on any atom is 0.291 e. The Balaban J connectivity index is 1.51. The van der Waals surface area contributed by atoms with Gasteiger partial charge in [0.05, 0.1) is 11.7 Å². The molecule has 0 radical (unpaired) electrons. The van der Waals surface area contributed by atoms with E-state index in [1.807, 2.05) is 37.3 Å². The number of hydrogen-bond donors (Lipinski definition) is 2. The summed E-state index contributed by atoms with van der Waals surface area (Å²) in [5, 5.41) is 6.36. The second-order valence-corrected chi connectivity index (χ2v) is 7.37. The predicted molar refractivity (Wildman–Crippen MR) is 117 cm³/mol. The van der Waals surface area contributed by atoms with Crippen molar-refractivity contribution in [2.45, 2.75) is 13.0 Å². The molecule has 150 valence electrons. The smallest absolute Gasteiger partial charge is 0.291 e. The van der Waals surface area contributed by atoms with E-state index in [4.69, 9.17) is 16.3 Å². The Hall–Kier alpha value is -3.57. The molecule has 0 aliphatic carbocycles. The molecule has 0 spiro atoms. The van der Waals surface area contributed by atoms with Crippen molar-refractivity contribution in [1.29, 1.82) is 0 Å². The Morgan fingerprint density at radius 3 is 2.53 bits per heavy atom. The monoisotopic (exact) mass is 418 g/mol. The van der Waals surface area contributed by atoms with E-state index < -0.39 is 0 Å². The van der Waals surface area contributed by atoms with Gasteiger partial charge < -0.3 is 15.4 Å². The maximum atomic E-state index is 12.6. The molecule has 2 N–H and O–H groups in total. The summed E-state index contributed by atoms with van der Waals surface area (Å²) in [6.45, 7) is 1.92. The van der Waals surface area contributed by atoms with Gasteiger partial charge >= 0.3 is 0 Å². The van der Waals surface area contributed by atoms with Crippen molar-refractivity contribution >= 4 is 35.2 Å². The molecule has 3 aromatic carbocycles. The minimum absolute atomic E-state index is 0.144. The van der Waals surface area contributed by atoms with Crippen LogP contribution in [0.1, 0.15) is 34.5 Å². The molecule has 0 bridgehead atoms. The minimum Gasteiger partial charge on any atom is -0.449 e. The highest BCUT2D eigenvalue weighted by atomic mass is 35.5. The Morgan fingerprint density at radius 1 is 1.07 bits per heavy atom. The summed E-state index contributed by atoms with van der Waals surface area (Å²) < 4.78 is 5.75. The third-order valence-corrected chi connectivity index (χ3v) is 5.00. The van der Waals surface area contributed by atoms with Crippen LogP contribution in [0, 0.1) is 0 Å². The number of halogens is 1. The van der Waals surface area contributed by atoms with Crippen LogP contribution < -0.4 is 15.4 Å². The molecule has 1 aliphatic heterocycles. The summed E-state index contributed by atoms with van der Waals surface area (Å²) in [7, 11) is 0. The van der Waals surface area contributed by atoms with Gasteiger partial charge in [0.2, 0.25) is 0 Å². The number of benzene rings is 3. The Morgan fingerprint density at radius 2 is 1.80 bits per heavy atom. The van der Waals surface area contributed by atoms with Crippen molar-refractivity contribution in [2.24, 2.45) is 0 Å². The van der Waals surface area contributed by atoms with Crippen LogP contribution >= 0.6 is 11.6 Å². The zero-order valence-corrected chi connectivity index (χ0v) is 16.9. The molecule has 6 heteroatoms. The third kappa shape index (κ3) is 4.36. The molecule has 1 unspecified atom stereocenters. The van der Waals surface area contributed by atoms with Gasteiger partial charge in [-0.05, 0) is 54.5 Å². The van der Waals surface area contributed by atoms with Crippen LogP contribution in [-0.4, -0.2) is 11.8 Å². The molecule has 3 aromatic rings. The Bertz CT molecular complexity index is 1120. The largest absolute Gasteiger partial charge is 0.449 e. The van der Waals surface area contributed by atoms with Gasteiger partial charge in [-0.25, -0.2) is 0 Å². The predicted octanol–water partition coefficient (Wildman–Crippen LogP) is 5.20. The van der Waals surface area contributed by atoms with Gasteiger partial charge in [0.25, 0.3) is 11.8 Å². The van der Waals surface area contributed by atoms with Crippen molar-refractivity contribution < 1.29 is 14.3 Å². The second kappa shape index (κ2) is 8.43. The quantitative estimate of drug-likeness (QED) is 0.572. The van der Waals surface area contributed by atoms with Crippen LogP contribution in [0.2, 0.25) is 5.02 Å². The van der Waals surface area contributed by atoms with Crippen LogP contribution in [-0.2, 0) is 4.79 Å². The van der Waals surface area contributed by atoms with Crippen LogP contribution in [0.5, 0.6) is 5.75 Å². The van der Waals surface area contributed by atoms with Crippen LogP contribution in [0.4, 0.5) is 5.69 Å². The molecule has 0 saturated carbocycles. The van der Waals surface area contributed by atoms with Gasteiger partial charge in [0, 0.05) is 10.6 Å². The van der Waals surface area contributed by atoms with Crippen molar-refractivity contribution in [3.05, 3.63) is 100 Å². The van der Waals surface area contributed by atoms with Gasteiger partial charge in [-0.3, -0.25) is 9.59 Å². The number of carbonyl (C=O) groups excluding carboxylic acids is 2. The summed E-state index contributed by atoms with van der Waals surface area (Å²) >= 11 is 5.89. The fourth-order valence-electron chi connectivity index (χ4n) is 3.12. The van der Waals surface area contributed by atoms with E-state index in [0.717, 1.165) is 11.1 Å². The van der Waals surface area contributed by atoms with Crippen molar-refractivity contribution in [2.75, 3.05) is 5.32 Å². The number of amides is 2. The topological polar surface area (TPSA) is 67.4 Å². The van der Waals surface area contributed by atoms with E-state index in [-0.39, 0.29) is 23.6 Å². The Labute approximate surface area is 179 Å². The molecule has 1 atom stereocenters. The lowest BCUT2D eigenvalue weighted by molar-refractivity contribution is -0.115. The lowest BCUT2D eigenvalue weighted by Gasteiger charge is -2.21. The summed E-state index contributed by atoms with van der Waals surface area (Å²) in [6.07, 6.45) is 1.64. The molecule has 0 aromatic heterocycles. The van der Waals surface area contributed by atoms with E-state index in [0.29, 0.717) is 22.0 Å². The first-order valence-electron chi connectivity index (χ1n) is 9.46. The molecule has 0 fully saturated rings. The zero-order chi connectivity index (χ0) is 21.1. The lowest BCUT2D eigenvalue weighted by Crippen LogP contribution is -2.27. The van der Waals surface area contributed by atoms with Crippen molar-refractivity contribution in [3.63, 3.8) is 0 Å². The highest BCUT2D eigenvalue weighted by molar-refractivity contribution is 6.30. The average molecular weight is 419 g/mol. The number of fused-ring (bicyclic) bond motifs is 1. The zero-order valence-electron chi connectivity index (χ0n) is 16.2. The number of anilines is 1. The van der Waals surface area contributed by atoms with Gasteiger partial charge in [-0.15, -0.1) is 0 Å². The summed E-state index contributed by atoms with van der Waals surface area (Å²) in [5.74, 6) is 0.0285. The van der Waals surface area contributed by atoms with Gasteiger partial charge in [0.1, 0.15) is 0 Å². The molecular weight excluding hydrogens is 400 g/mol. The summed E-state index contributed by atoms with van der Waals surface area (Å²) in [5.41, 5.74) is 2.69. The fourth-order valence-corrected chi connectivity index (χ4v) is 3.24. The Kier molecular flexibility index (Phi) is 5.55. The number of carbonyl (C=O) groups is 2. The van der Waals surface area contributed by atoms with E-state index >= 15 is 0 Å². The molecule has 30 heavy (non-hydrogen) atoms. The highest BCUT2D eigenvalue weighted by Crippen LogP contribution is 2.32. The minimum atomic E-state index is -0.382. The SMILES string of the molecule is CC(NC(=O)c1ccc2c(c1)NC(=O)C(=Cc1ccc(Cl)cc1)O2)c1ccccc1. The number of nitrogens with one attached hydrogen (secondary N) is 2. The first kappa shape index (κ1) is 19.7. The fraction of sp³-hybridized carbons (Fsp3) is 0.0833. The third-order valence-electron chi connectivity index (χ3n) is 4.75. The lowest BCUT2D eigenvalue weighted by atomic mass is 10.1. The number of rotatable bonds is 4. The van der Waals surface area contributed by atoms with E-state index in [9.17, 15) is 9.59 Å². The molecule has 2 amide bonds. The van der Waals surface area contributed by atoms with Crippen LogP contribution in [0.15, 0.2) is 78.6 Å². The van der Waals surface area contributed by atoms with Gasteiger partial charge in [-0.1, -0.05) is 54.1 Å². The number of ether oxygens (including phenoxy) is 1. The first-order valence-corrected chi connectivity index (χ1v) is 9.84. The second-order valence-electron chi connectivity index (χ2n) is 6.93. The molecule has 1 heterocycles. The number of hydrogen-bond acceptors (Lipinski definition) is 3. The van der Waals surface area contributed by atoms with Crippen LogP contribution in [0.3, 0.4) is 0 Å². The van der Waals surface area contributed by atoms with Gasteiger partial charge in [0.15, 0.2) is 11.5 Å². The maximum absolute atomic E-state index is 12.6. The first-order chi connectivity index (χ1) is 14.5. The molecule has 0 saturated heterocycles. The molecule has 1 aliphatic rings. The highest BCUT2D eigenvalue weighted by Gasteiger charge is 2.23. The van der Waals surface area contributed by atoms with E-state index in [1.165, 1.54) is 0 Å². The normalized spacial score (nSPS) is 15.0. The molecule has 5 nitrogen and oxygen atoms in total. The van der Waals surface area contributed by atoms with E-state index in [2.05, 4.69) is 10.6 Å². The van der Waals surface area contributed by atoms with Crippen LogP contribution in [0.25, 0.3) is 6.08 Å². The summed E-state index contributed by atoms with van der Waals surface area (Å²) in [4.78, 5) is 25.1. The molecule has 4 rings (SSSR count). The average Bonchev–Trinajstić information content (AvgIpc) is 2.76. The van der Waals surface area contributed by atoms with Gasteiger partial charge in [-0.2, -0.15) is 0 Å².